The predicted octanol–water partition coefficient (Wildman–Crippen LogP) is 5.05. The number of hydrogen-bond acceptors (Lipinski definition) is 3. The van der Waals surface area contributed by atoms with Crippen LogP contribution in [-0.2, 0) is 0 Å². The highest BCUT2D eigenvalue weighted by atomic mass is 35.5. The van der Waals surface area contributed by atoms with E-state index in [0.717, 1.165) is 11.1 Å². The minimum Gasteiger partial charge on any atom is -0.322 e. The van der Waals surface area contributed by atoms with Gasteiger partial charge in [0.1, 0.15) is 0 Å². The second-order valence-corrected chi connectivity index (χ2v) is 6.93. The molecule has 2 amide bonds. The average Bonchev–Trinajstić information content (AvgIpc) is 2.73. The SMILES string of the molecule is C/C(=N\NC(=O)c1ccc(NC(=O)c2ccccc2C)cc1)c1ccc(Cl)cc1. The predicted molar refractivity (Wildman–Crippen MR) is 117 cm³/mol. The van der Waals surface area contributed by atoms with Crippen molar-refractivity contribution in [1.29, 1.82) is 0 Å². The molecular weight excluding hydrogens is 386 g/mol. The van der Waals surface area contributed by atoms with Gasteiger partial charge in [-0.25, -0.2) is 5.43 Å². The Hall–Kier alpha value is -3.44. The highest BCUT2D eigenvalue weighted by Gasteiger charge is 2.10. The van der Waals surface area contributed by atoms with Crippen molar-refractivity contribution < 1.29 is 9.59 Å². The van der Waals surface area contributed by atoms with Gasteiger partial charge in [0.25, 0.3) is 11.8 Å². The van der Waals surface area contributed by atoms with E-state index in [1.54, 1.807) is 49.4 Å². The molecule has 3 aromatic rings. The maximum absolute atomic E-state index is 12.4. The second-order valence-electron chi connectivity index (χ2n) is 6.49. The molecular formula is C23H20ClN3O2. The van der Waals surface area contributed by atoms with Gasteiger partial charge >= 0.3 is 0 Å². The number of halogens is 1. The summed E-state index contributed by atoms with van der Waals surface area (Å²) in [6, 6.07) is 21.2. The number of amides is 2. The van der Waals surface area contributed by atoms with Gasteiger partial charge in [-0.1, -0.05) is 41.9 Å². The fourth-order valence-corrected chi connectivity index (χ4v) is 2.81. The van der Waals surface area contributed by atoms with E-state index in [9.17, 15) is 9.59 Å². The summed E-state index contributed by atoms with van der Waals surface area (Å²) >= 11 is 5.87. The highest BCUT2D eigenvalue weighted by Crippen LogP contribution is 2.14. The van der Waals surface area contributed by atoms with Gasteiger partial charge in [0.05, 0.1) is 5.71 Å². The van der Waals surface area contributed by atoms with Gasteiger partial charge in [0.2, 0.25) is 0 Å². The summed E-state index contributed by atoms with van der Waals surface area (Å²) in [5, 5.41) is 7.60. The molecule has 3 aromatic carbocycles. The lowest BCUT2D eigenvalue weighted by molar-refractivity contribution is 0.0954. The van der Waals surface area contributed by atoms with E-state index in [0.29, 0.717) is 27.5 Å². The third-order valence-corrected chi connectivity index (χ3v) is 4.63. The topological polar surface area (TPSA) is 70.6 Å². The molecule has 0 unspecified atom stereocenters. The van der Waals surface area contributed by atoms with Crippen molar-refractivity contribution in [3.05, 3.63) is 100 Å². The Morgan fingerprint density at radius 1 is 0.828 bits per heavy atom. The molecule has 0 saturated heterocycles. The number of aryl methyl sites for hydroxylation is 1. The maximum atomic E-state index is 12.4. The lowest BCUT2D eigenvalue weighted by Gasteiger charge is -2.08. The Kier molecular flexibility index (Phi) is 6.42. The zero-order chi connectivity index (χ0) is 20.8. The van der Waals surface area contributed by atoms with Gasteiger partial charge in [-0.05, 0) is 67.4 Å². The molecule has 0 radical (unpaired) electrons. The van der Waals surface area contributed by atoms with Gasteiger partial charge in [-0.15, -0.1) is 0 Å². The van der Waals surface area contributed by atoms with E-state index in [2.05, 4.69) is 15.8 Å². The molecule has 146 valence electrons. The number of rotatable bonds is 5. The van der Waals surface area contributed by atoms with Crippen LogP contribution in [0.5, 0.6) is 0 Å². The maximum Gasteiger partial charge on any atom is 0.271 e. The second kappa shape index (κ2) is 9.17. The molecule has 0 saturated carbocycles. The summed E-state index contributed by atoms with van der Waals surface area (Å²) in [6.07, 6.45) is 0. The molecule has 0 aliphatic carbocycles. The van der Waals surface area contributed by atoms with Crippen molar-refractivity contribution in [2.45, 2.75) is 13.8 Å². The zero-order valence-corrected chi connectivity index (χ0v) is 16.8. The van der Waals surface area contributed by atoms with Crippen molar-refractivity contribution in [3.8, 4) is 0 Å². The third-order valence-electron chi connectivity index (χ3n) is 4.38. The van der Waals surface area contributed by atoms with Gasteiger partial charge in [-0.3, -0.25) is 9.59 Å². The lowest BCUT2D eigenvalue weighted by Crippen LogP contribution is -2.19. The Morgan fingerprint density at radius 3 is 2.10 bits per heavy atom. The summed E-state index contributed by atoms with van der Waals surface area (Å²) < 4.78 is 0. The quantitative estimate of drug-likeness (QED) is 0.460. The van der Waals surface area contributed by atoms with Crippen LogP contribution >= 0.6 is 11.6 Å². The van der Waals surface area contributed by atoms with Crippen LogP contribution in [0, 0.1) is 6.92 Å². The summed E-state index contributed by atoms with van der Waals surface area (Å²) in [4.78, 5) is 24.7. The monoisotopic (exact) mass is 405 g/mol. The van der Waals surface area contributed by atoms with Crippen LogP contribution in [0.2, 0.25) is 5.02 Å². The summed E-state index contributed by atoms with van der Waals surface area (Å²) in [5.74, 6) is -0.529. The molecule has 0 fully saturated rings. The molecule has 0 aliphatic rings. The number of nitrogens with one attached hydrogen (secondary N) is 2. The molecule has 0 spiro atoms. The molecule has 0 atom stereocenters. The van der Waals surface area contributed by atoms with Crippen LogP contribution in [0.15, 0.2) is 77.9 Å². The molecule has 6 heteroatoms. The number of nitrogens with zero attached hydrogens (tertiary/aromatic N) is 1. The molecule has 0 aromatic heterocycles. The highest BCUT2D eigenvalue weighted by molar-refractivity contribution is 6.30. The molecule has 0 aliphatic heterocycles. The van der Waals surface area contributed by atoms with Crippen LogP contribution in [0.3, 0.4) is 0 Å². The standard InChI is InChI=1S/C23H20ClN3O2/c1-15-5-3-4-6-21(15)23(29)25-20-13-9-18(10-14-20)22(28)27-26-16(2)17-7-11-19(24)12-8-17/h3-14H,1-2H3,(H,25,29)(H,27,28)/b26-16+. The lowest BCUT2D eigenvalue weighted by atomic mass is 10.1. The largest absolute Gasteiger partial charge is 0.322 e. The van der Waals surface area contributed by atoms with E-state index in [4.69, 9.17) is 11.6 Å². The minimum absolute atomic E-state index is 0.191. The Morgan fingerprint density at radius 2 is 1.45 bits per heavy atom. The molecule has 5 nitrogen and oxygen atoms in total. The number of anilines is 1. The van der Waals surface area contributed by atoms with Crippen LogP contribution in [0.1, 0.15) is 38.8 Å². The summed E-state index contributed by atoms with van der Waals surface area (Å²) in [7, 11) is 0. The van der Waals surface area contributed by atoms with Crippen molar-refractivity contribution in [2.24, 2.45) is 5.10 Å². The van der Waals surface area contributed by atoms with Gasteiger partial charge in [0, 0.05) is 21.8 Å². The number of carbonyl (C=O) groups excluding carboxylic acids is 2. The van der Waals surface area contributed by atoms with Crippen LogP contribution in [0.25, 0.3) is 0 Å². The van der Waals surface area contributed by atoms with E-state index in [1.807, 2.05) is 37.3 Å². The zero-order valence-electron chi connectivity index (χ0n) is 16.1. The van der Waals surface area contributed by atoms with E-state index >= 15 is 0 Å². The van der Waals surface area contributed by atoms with Gasteiger partial charge < -0.3 is 5.32 Å². The molecule has 29 heavy (non-hydrogen) atoms. The molecule has 0 heterocycles. The van der Waals surface area contributed by atoms with Crippen molar-refractivity contribution >= 4 is 34.8 Å². The molecule has 0 bridgehead atoms. The first-order chi connectivity index (χ1) is 13.9. The Labute approximate surface area is 174 Å². The van der Waals surface area contributed by atoms with E-state index < -0.39 is 0 Å². The van der Waals surface area contributed by atoms with E-state index in [-0.39, 0.29) is 11.8 Å². The smallest absolute Gasteiger partial charge is 0.271 e. The van der Waals surface area contributed by atoms with Gasteiger partial charge in [-0.2, -0.15) is 5.10 Å². The Balaban J connectivity index is 1.63. The first-order valence-corrected chi connectivity index (χ1v) is 9.39. The number of carbonyl (C=O) groups is 2. The summed E-state index contributed by atoms with van der Waals surface area (Å²) in [6.45, 7) is 3.68. The van der Waals surface area contributed by atoms with Crippen LogP contribution < -0.4 is 10.7 Å². The fraction of sp³-hybridized carbons (Fsp3) is 0.0870. The third kappa shape index (κ3) is 5.30. The first kappa shape index (κ1) is 20.3. The molecule has 3 rings (SSSR count). The number of hydrogen-bond donors (Lipinski definition) is 2. The first-order valence-electron chi connectivity index (χ1n) is 9.01. The van der Waals surface area contributed by atoms with Crippen LogP contribution in [-0.4, -0.2) is 17.5 Å². The van der Waals surface area contributed by atoms with Crippen molar-refractivity contribution in [2.75, 3.05) is 5.32 Å². The average molecular weight is 406 g/mol. The van der Waals surface area contributed by atoms with Crippen molar-refractivity contribution in [3.63, 3.8) is 0 Å². The van der Waals surface area contributed by atoms with Crippen LogP contribution in [0.4, 0.5) is 5.69 Å². The molecule has 2 N–H and O–H groups in total. The van der Waals surface area contributed by atoms with E-state index in [1.165, 1.54) is 0 Å². The van der Waals surface area contributed by atoms with Gasteiger partial charge in [0.15, 0.2) is 0 Å². The normalized spacial score (nSPS) is 11.1. The minimum atomic E-state index is -0.338. The Bertz CT molecular complexity index is 1060. The fourth-order valence-electron chi connectivity index (χ4n) is 2.69. The summed E-state index contributed by atoms with van der Waals surface area (Å²) in [5.41, 5.74) is 6.62. The number of hydrazone groups is 1. The number of benzene rings is 3. The van der Waals surface area contributed by atoms with Crippen molar-refractivity contribution in [1.82, 2.24) is 5.43 Å².